The van der Waals surface area contributed by atoms with Crippen LogP contribution in [0.4, 0.5) is 0 Å². The van der Waals surface area contributed by atoms with Crippen LogP contribution in [0.25, 0.3) is 0 Å². The van der Waals surface area contributed by atoms with E-state index in [2.05, 4.69) is 20.5 Å². The Balaban J connectivity index is 0. The number of hydrogen-bond acceptors (Lipinski definition) is 0. The van der Waals surface area contributed by atoms with Crippen molar-refractivity contribution in [2.75, 3.05) is 0 Å². The van der Waals surface area contributed by atoms with Crippen LogP contribution in [0.15, 0.2) is 0 Å². The third-order valence-corrected chi connectivity index (χ3v) is 0. The maximum atomic E-state index is 2.17. The molecule has 0 aliphatic carbocycles. The normalized spacial score (nSPS) is 5.40. The van der Waals surface area contributed by atoms with Crippen molar-refractivity contribution in [3.8, 4) is 0 Å². The Morgan fingerprint density at radius 3 is 1.00 bits per heavy atom. The summed E-state index contributed by atoms with van der Waals surface area (Å²) in [5.74, 6) is 0. The van der Waals surface area contributed by atoms with E-state index < -0.39 is 0 Å². The lowest BCUT2D eigenvalue weighted by Crippen LogP contribution is -1.84. The van der Waals surface area contributed by atoms with Gasteiger partial charge in [-0.05, 0) is 0 Å². The van der Waals surface area contributed by atoms with Crippen molar-refractivity contribution >= 4 is 6.71 Å². The van der Waals surface area contributed by atoms with Gasteiger partial charge in [0.15, 0.2) is 0 Å². The van der Waals surface area contributed by atoms with Gasteiger partial charge in [0.2, 0.25) is 0 Å². The first-order valence-electron chi connectivity index (χ1n) is 1.73. The van der Waals surface area contributed by atoms with Crippen LogP contribution in [0, 0.1) is 0 Å². The standard InChI is InChI=1S/C3H9B.CH4/c1-4(2)3;/h1-3H3;1H4. The monoisotopic (exact) mass is 72.1 g/mol. The zero-order chi connectivity index (χ0) is 3.58. The molecule has 0 aliphatic rings. The van der Waals surface area contributed by atoms with Crippen molar-refractivity contribution in [3.05, 3.63) is 0 Å². The van der Waals surface area contributed by atoms with Gasteiger partial charge in [-0.2, -0.15) is 0 Å². The molecule has 1 heteroatoms. The van der Waals surface area contributed by atoms with Gasteiger partial charge < -0.3 is 0 Å². The van der Waals surface area contributed by atoms with Crippen molar-refractivity contribution in [1.82, 2.24) is 0 Å². The van der Waals surface area contributed by atoms with Gasteiger partial charge in [-0.15, -0.1) is 0 Å². The third-order valence-electron chi connectivity index (χ3n) is 0. The SMILES string of the molecule is C.CB(C)C. The van der Waals surface area contributed by atoms with Gasteiger partial charge in [-0.25, -0.2) is 0 Å². The Bertz CT molecular complexity index is 8.36. The lowest BCUT2D eigenvalue weighted by molar-refractivity contribution is 1.91. The summed E-state index contributed by atoms with van der Waals surface area (Å²) in [4.78, 5) is 0. The quantitative estimate of drug-likeness (QED) is 0.384. The summed E-state index contributed by atoms with van der Waals surface area (Å²) in [6, 6.07) is 0. The molecule has 5 heavy (non-hydrogen) atoms. The van der Waals surface area contributed by atoms with E-state index in [-0.39, 0.29) is 7.43 Å². The van der Waals surface area contributed by atoms with E-state index in [1.807, 2.05) is 0 Å². The fourth-order valence-corrected chi connectivity index (χ4v) is 0. The minimum Gasteiger partial charge on any atom is -0.0865 e. The van der Waals surface area contributed by atoms with Gasteiger partial charge in [0, 0.05) is 0 Å². The maximum Gasteiger partial charge on any atom is 0.130 e. The first-order chi connectivity index (χ1) is 1.73. The lowest BCUT2D eigenvalue weighted by atomic mass is 9.58. The van der Waals surface area contributed by atoms with E-state index in [1.165, 1.54) is 0 Å². The molecule has 0 heterocycles. The predicted octanol–water partition coefficient (Wildman–Crippen LogP) is 2.01. The van der Waals surface area contributed by atoms with Crippen LogP contribution < -0.4 is 0 Å². The van der Waals surface area contributed by atoms with Gasteiger partial charge in [0.05, 0.1) is 0 Å². The van der Waals surface area contributed by atoms with Crippen LogP contribution in [-0.4, -0.2) is 6.71 Å². The van der Waals surface area contributed by atoms with E-state index in [1.54, 1.807) is 0 Å². The van der Waals surface area contributed by atoms with Gasteiger partial charge in [0.1, 0.15) is 6.71 Å². The molecule has 32 valence electrons. The zero-order valence-corrected chi connectivity index (χ0v) is 3.58. The predicted molar refractivity (Wildman–Crippen MR) is 30.1 cm³/mol. The second-order valence-electron chi connectivity index (χ2n) is 1.73. The largest absolute Gasteiger partial charge is 0.130 e. The summed E-state index contributed by atoms with van der Waals surface area (Å²) in [6.07, 6.45) is 0. The van der Waals surface area contributed by atoms with Crippen LogP contribution >= 0.6 is 0 Å². The Morgan fingerprint density at radius 1 is 1.00 bits per heavy atom. The Hall–Kier alpha value is 0.0649. The van der Waals surface area contributed by atoms with Crippen LogP contribution in [-0.2, 0) is 0 Å². The first-order valence-corrected chi connectivity index (χ1v) is 1.73. The summed E-state index contributed by atoms with van der Waals surface area (Å²) < 4.78 is 0. The van der Waals surface area contributed by atoms with E-state index >= 15 is 0 Å². The summed E-state index contributed by atoms with van der Waals surface area (Å²) in [5, 5.41) is 0. The lowest BCUT2D eigenvalue weighted by Gasteiger charge is -1.71. The molecule has 0 radical (unpaired) electrons. The zero-order valence-electron chi connectivity index (χ0n) is 3.58. The van der Waals surface area contributed by atoms with Crippen molar-refractivity contribution < 1.29 is 0 Å². The molecule has 0 spiro atoms. The number of hydrogen-bond donors (Lipinski definition) is 0. The molecule has 0 fully saturated rings. The van der Waals surface area contributed by atoms with Crippen molar-refractivity contribution in [2.45, 2.75) is 27.9 Å². The van der Waals surface area contributed by atoms with Crippen LogP contribution in [0.3, 0.4) is 0 Å². The molecule has 0 atom stereocenters. The molecule has 0 saturated heterocycles. The molecular weight excluding hydrogens is 58.9 g/mol. The highest BCUT2D eigenvalue weighted by atomic mass is 13.2. The fourth-order valence-electron chi connectivity index (χ4n) is 0. The highest BCUT2D eigenvalue weighted by Gasteiger charge is 1.76. The van der Waals surface area contributed by atoms with E-state index in [0.29, 0.717) is 0 Å². The molecule has 0 aliphatic heterocycles. The molecule has 0 saturated carbocycles. The fraction of sp³-hybridized carbons (Fsp3) is 1.00. The second-order valence-corrected chi connectivity index (χ2v) is 1.73. The Morgan fingerprint density at radius 2 is 1.00 bits per heavy atom. The van der Waals surface area contributed by atoms with E-state index in [4.69, 9.17) is 0 Å². The molecule has 0 N–H and O–H groups in total. The third kappa shape index (κ3) is 4110. The van der Waals surface area contributed by atoms with E-state index in [9.17, 15) is 0 Å². The molecule has 0 unspecified atom stereocenters. The van der Waals surface area contributed by atoms with Crippen LogP contribution in [0.5, 0.6) is 0 Å². The topological polar surface area (TPSA) is 0 Å². The summed E-state index contributed by atoms with van der Waals surface area (Å²) in [5.41, 5.74) is 0. The minimum atomic E-state index is 0. The summed E-state index contributed by atoms with van der Waals surface area (Å²) >= 11 is 0. The van der Waals surface area contributed by atoms with Crippen molar-refractivity contribution in [2.24, 2.45) is 0 Å². The molecule has 0 aromatic carbocycles. The average Bonchev–Trinajstić information content (AvgIpc) is 0.811. The molecular formula is C4H13B. The maximum absolute atomic E-state index is 2.17. The van der Waals surface area contributed by atoms with E-state index in [0.717, 1.165) is 6.71 Å². The highest BCUT2D eigenvalue weighted by molar-refractivity contribution is 6.54. The Labute approximate surface area is 35.7 Å². The second kappa shape index (κ2) is 4.06. The molecule has 0 bridgehead atoms. The molecule has 0 aromatic heterocycles. The van der Waals surface area contributed by atoms with Crippen molar-refractivity contribution in [1.29, 1.82) is 0 Å². The van der Waals surface area contributed by atoms with Gasteiger partial charge in [0.25, 0.3) is 0 Å². The van der Waals surface area contributed by atoms with Gasteiger partial charge >= 0.3 is 0 Å². The minimum absolute atomic E-state index is 0. The number of rotatable bonds is 0. The van der Waals surface area contributed by atoms with Gasteiger partial charge in [-0.1, -0.05) is 27.9 Å². The summed E-state index contributed by atoms with van der Waals surface area (Å²) in [6.45, 7) is 7.33. The average molecular weight is 72.0 g/mol. The molecule has 0 nitrogen and oxygen atoms in total. The molecule has 0 amide bonds. The smallest absolute Gasteiger partial charge is 0.0865 e. The highest BCUT2D eigenvalue weighted by Crippen LogP contribution is 1.68. The molecule has 0 rings (SSSR count). The summed E-state index contributed by atoms with van der Waals surface area (Å²) in [7, 11) is 0. The van der Waals surface area contributed by atoms with Crippen molar-refractivity contribution in [3.63, 3.8) is 0 Å². The molecule has 0 aromatic rings. The van der Waals surface area contributed by atoms with Crippen LogP contribution in [0.2, 0.25) is 20.5 Å². The Kier molecular flexibility index (Phi) is 7.24. The first kappa shape index (κ1) is 8.91. The van der Waals surface area contributed by atoms with Gasteiger partial charge in [-0.3, -0.25) is 0 Å². The van der Waals surface area contributed by atoms with Crippen LogP contribution in [0.1, 0.15) is 7.43 Å².